The van der Waals surface area contributed by atoms with Gasteiger partial charge in [-0.25, -0.2) is 4.98 Å². The lowest BCUT2D eigenvalue weighted by atomic mass is 10.4. The molecule has 0 spiro atoms. The van der Waals surface area contributed by atoms with Gasteiger partial charge in [-0.2, -0.15) is 11.8 Å². The van der Waals surface area contributed by atoms with E-state index >= 15 is 0 Å². The van der Waals surface area contributed by atoms with Crippen LogP contribution in [-0.2, 0) is 6.54 Å². The van der Waals surface area contributed by atoms with Gasteiger partial charge in [-0.05, 0) is 25.1 Å². The van der Waals surface area contributed by atoms with E-state index < -0.39 is 0 Å². The van der Waals surface area contributed by atoms with Crippen LogP contribution in [0.25, 0.3) is 0 Å². The number of hydrogen-bond acceptors (Lipinski definition) is 5. The van der Waals surface area contributed by atoms with Gasteiger partial charge in [0.05, 0.1) is 0 Å². The molecule has 1 saturated heterocycles. The van der Waals surface area contributed by atoms with Crippen LogP contribution < -0.4 is 5.32 Å². The molecule has 0 atom stereocenters. The summed E-state index contributed by atoms with van der Waals surface area (Å²) in [6.07, 6.45) is 4.50. The average molecular weight is 271 g/mol. The van der Waals surface area contributed by atoms with Crippen LogP contribution in [0.15, 0.2) is 6.20 Å². The lowest BCUT2D eigenvalue weighted by molar-refractivity contribution is 0.290. The van der Waals surface area contributed by atoms with Gasteiger partial charge in [-0.1, -0.05) is 6.92 Å². The molecule has 0 aliphatic carbocycles. The molecule has 5 heteroatoms. The van der Waals surface area contributed by atoms with E-state index in [0.717, 1.165) is 24.6 Å². The molecular formula is C12H21N3S2. The van der Waals surface area contributed by atoms with E-state index in [0.29, 0.717) is 0 Å². The minimum absolute atomic E-state index is 1.02. The molecule has 3 nitrogen and oxygen atoms in total. The number of rotatable bonds is 5. The molecular weight excluding hydrogens is 250 g/mol. The van der Waals surface area contributed by atoms with Crippen molar-refractivity contribution in [3.8, 4) is 0 Å². The fourth-order valence-corrected chi connectivity index (χ4v) is 3.68. The Morgan fingerprint density at radius 2 is 2.35 bits per heavy atom. The number of thioether (sulfide) groups is 1. The SMILES string of the molecule is CCCNc1ncc(CN2CCCSCC2)s1. The fraction of sp³-hybridized carbons (Fsp3) is 0.750. The highest BCUT2D eigenvalue weighted by Gasteiger charge is 2.11. The van der Waals surface area contributed by atoms with Crippen LogP contribution in [0.2, 0.25) is 0 Å². The van der Waals surface area contributed by atoms with Crippen molar-refractivity contribution in [3.05, 3.63) is 11.1 Å². The van der Waals surface area contributed by atoms with E-state index in [2.05, 4.69) is 33.9 Å². The molecule has 2 heterocycles. The van der Waals surface area contributed by atoms with Crippen molar-refractivity contribution in [2.75, 3.05) is 36.5 Å². The van der Waals surface area contributed by atoms with E-state index in [-0.39, 0.29) is 0 Å². The highest BCUT2D eigenvalue weighted by Crippen LogP contribution is 2.21. The number of anilines is 1. The van der Waals surface area contributed by atoms with Gasteiger partial charge >= 0.3 is 0 Å². The van der Waals surface area contributed by atoms with E-state index in [1.807, 2.05) is 6.20 Å². The number of nitrogens with zero attached hydrogens (tertiary/aromatic N) is 2. The minimum Gasteiger partial charge on any atom is -0.362 e. The summed E-state index contributed by atoms with van der Waals surface area (Å²) in [5, 5.41) is 4.42. The number of hydrogen-bond donors (Lipinski definition) is 1. The predicted octanol–water partition coefficient (Wildman–Crippen LogP) is 2.90. The van der Waals surface area contributed by atoms with Crippen LogP contribution >= 0.6 is 23.1 Å². The first-order valence-corrected chi connectivity index (χ1v) is 8.34. The summed E-state index contributed by atoms with van der Waals surface area (Å²) in [5.74, 6) is 2.60. The van der Waals surface area contributed by atoms with Crippen molar-refractivity contribution in [1.29, 1.82) is 0 Å². The summed E-state index contributed by atoms with van der Waals surface area (Å²) in [5.41, 5.74) is 0. The van der Waals surface area contributed by atoms with Crippen molar-refractivity contribution >= 4 is 28.2 Å². The largest absolute Gasteiger partial charge is 0.362 e. The minimum atomic E-state index is 1.02. The van der Waals surface area contributed by atoms with E-state index in [1.165, 1.54) is 35.9 Å². The zero-order valence-corrected chi connectivity index (χ0v) is 12.1. The molecule has 1 aliphatic rings. The van der Waals surface area contributed by atoms with E-state index in [1.54, 1.807) is 11.3 Å². The van der Waals surface area contributed by atoms with Crippen LogP contribution in [-0.4, -0.2) is 41.0 Å². The lowest BCUT2D eigenvalue weighted by Crippen LogP contribution is -2.24. The van der Waals surface area contributed by atoms with Crippen LogP contribution in [0.3, 0.4) is 0 Å². The Bertz CT molecular complexity index is 319. The Morgan fingerprint density at radius 3 is 3.24 bits per heavy atom. The molecule has 17 heavy (non-hydrogen) atoms. The first kappa shape index (κ1) is 13.2. The van der Waals surface area contributed by atoms with E-state index in [4.69, 9.17) is 0 Å². The van der Waals surface area contributed by atoms with Gasteiger partial charge in [0.2, 0.25) is 0 Å². The van der Waals surface area contributed by atoms with Crippen molar-refractivity contribution in [2.24, 2.45) is 0 Å². The monoisotopic (exact) mass is 271 g/mol. The van der Waals surface area contributed by atoms with Crippen molar-refractivity contribution < 1.29 is 0 Å². The molecule has 96 valence electrons. The fourth-order valence-electron chi connectivity index (χ4n) is 1.87. The molecule has 1 aliphatic heterocycles. The topological polar surface area (TPSA) is 28.2 Å². The summed E-state index contributed by atoms with van der Waals surface area (Å²) in [6, 6.07) is 0. The third-order valence-electron chi connectivity index (χ3n) is 2.77. The molecule has 0 aromatic carbocycles. The molecule has 0 unspecified atom stereocenters. The molecule has 1 aromatic heterocycles. The molecule has 0 saturated carbocycles. The molecule has 1 N–H and O–H groups in total. The van der Waals surface area contributed by atoms with Crippen LogP contribution in [0.1, 0.15) is 24.6 Å². The number of aromatic nitrogens is 1. The highest BCUT2D eigenvalue weighted by atomic mass is 32.2. The summed E-state index contributed by atoms with van der Waals surface area (Å²) < 4.78 is 0. The standard InChI is InChI=1S/C12H21N3S2/c1-2-4-13-12-14-9-11(17-12)10-15-5-3-7-16-8-6-15/h9H,2-8,10H2,1H3,(H,13,14). The Labute approximate surface area is 112 Å². The van der Waals surface area contributed by atoms with Gasteiger partial charge in [-0.3, -0.25) is 4.90 Å². The van der Waals surface area contributed by atoms with Crippen molar-refractivity contribution in [1.82, 2.24) is 9.88 Å². The maximum atomic E-state index is 4.42. The second-order valence-electron chi connectivity index (χ2n) is 4.30. The third kappa shape index (κ3) is 4.48. The summed E-state index contributed by atoms with van der Waals surface area (Å²) in [7, 11) is 0. The second kappa shape index (κ2) is 7.24. The highest BCUT2D eigenvalue weighted by molar-refractivity contribution is 7.99. The Balaban J connectivity index is 1.82. The summed E-state index contributed by atoms with van der Waals surface area (Å²) in [6.45, 7) is 6.73. The van der Waals surface area contributed by atoms with Crippen LogP contribution in [0.5, 0.6) is 0 Å². The molecule has 1 aromatic rings. The number of thiazole rings is 1. The summed E-state index contributed by atoms with van der Waals surface area (Å²) in [4.78, 5) is 8.36. The van der Waals surface area contributed by atoms with Crippen molar-refractivity contribution in [2.45, 2.75) is 26.3 Å². The zero-order valence-electron chi connectivity index (χ0n) is 10.4. The average Bonchev–Trinajstić information content (AvgIpc) is 2.61. The van der Waals surface area contributed by atoms with Gasteiger partial charge in [0.1, 0.15) is 0 Å². The smallest absolute Gasteiger partial charge is 0.182 e. The predicted molar refractivity (Wildman–Crippen MR) is 78.1 cm³/mol. The second-order valence-corrected chi connectivity index (χ2v) is 6.64. The zero-order chi connectivity index (χ0) is 11.9. The molecule has 0 amide bonds. The molecule has 0 radical (unpaired) electrons. The van der Waals surface area contributed by atoms with Gasteiger partial charge in [0.25, 0.3) is 0 Å². The van der Waals surface area contributed by atoms with Crippen molar-refractivity contribution in [3.63, 3.8) is 0 Å². The van der Waals surface area contributed by atoms with Gasteiger partial charge in [0, 0.05) is 36.5 Å². The van der Waals surface area contributed by atoms with Crippen LogP contribution in [0.4, 0.5) is 5.13 Å². The molecule has 1 fully saturated rings. The summed E-state index contributed by atoms with van der Waals surface area (Å²) >= 11 is 3.88. The number of nitrogens with one attached hydrogen (secondary N) is 1. The first-order valence-electron chi connectivity index (χ1n) is 6.37. The van der Waals surface area contributed by atoms with Crippen LogP contribution in [0, 0.1) is 0 Å². The third-order valence-corrected chi connectivity index (χ3v) is 4.76. The normalized spacial score (nSPS) is 17.9. The molecule has 2 rings (SSSR count). The Hall–Kier alpha value is -0.260. The van der Waals surface area contributed by atoms with Gasteiger partial charge < -0.3 is 5.32 Å². The first-order chi connectivity index (χ1) is 8.38. The lowest BCUT2D eigenvalue weighted by Gasteiger charge is -2.17. The van der Waals surface area contributed by atoms with Gasteiger partial charge in [0.15, 0.2) is 5.13 Å². The molecule has 0 bridgehead atoms. The maximum Gasteiger partial charge on any atom is 0.182 e. The van der Waals surface area contributed by atoms with E-state index in [9.17, 15) is 0 Å². The Morgan fingerprint density at radius 1 is 1.41 bits per heavy atom. The maximum absolute atomic E-state index is 4.42. The Kier molecular flexibility index (Phi) is 5.61. The quantitative estimate of drug-likeness (QED) is 0.891. The van der Waals surface area contributed by atoms with Gasteiger partial charge in [-0.15, -0.1) is 11.3 Å².